The van der Waals surface area contributed by atoms with Gasteiger partial charge in [0.25, 0.3) is 0 Å². The predicted octanol–water partition coefficient (Wildman–Crippen LogP) is 2.03. The zero-order valence-electron chi connectivity index (χ0n) is 16.6. The van der Waals surface area contributed by atoms with Crippen LogP contribution in [0.2, 0.25) is 0 Å². The number of benzene rings is 3. The Bertz CT molecular complexity index is 985. The van der Waals surface area contributed by atoms with E-state index < -0.39 is 7.26 Å². The molecule has 4 aromatic rings. The van der Waals surface area contributed by atoms with Crippen molar-refractivity contribution >= 4 is 40.5 Å². The lowest BCUT2D eigenvalue weighted by Gasteiger charge is -2.27. The zero-order valence-corrected chi connectivity index (χ0v) is 19.9. The molecule has 5 heteroatoms. The summed E-state index contributed by atoms with van der Waals surface area (Å²) >= 11 is 1.53. The number of esters is 1. The summed E-state index contributed by atoms with van der Waals surface area (Å²) in [5.41, 5.74) is 0. The number of carbonyl (C=O) groups is 1. The molecular formula is C25H22BrO2PS. The Balaban J connectivity index is 0.00000256. The minimum Gasteiger partial charge on any atom is -1.00 e. The third-order valence-corrected chi connectivity index (χ3v) is 10.7. The molecular weight excluding hydrogens is 475 g/mol. The number of methoxy groups -OCH3 is 1. The molecule has 0 atom stereocenters. The maximum Gasteiger partial charge on any atom is 0.348 e. The summed E-state index contributed by atoms with van der Waals surface area (Å²) in [6.07, 6.45) is 0.868. The Morgan fingerprint density at radius 3 is 1.57 bits per heavy atom. The lowest BCUT2D eigenvalue weighted by atomic mass is 10.4. The van der Waals surface area contributed by atoms with Gasteiger partial charge in [-0.2, -0.15) is 0 Å². The van der Waals surface area contributed by atoms with E-state index in [1.807, 2.05) is 6.07 Å². The van der Waals surface area contributed by atoms with Gasteiger partial charge in [-0.05, 0) is 48.5 Å². The van der Waals surface area contributed by atoms with Gasteiger partial charge < -0.3 is 21.7 Å². The summed E-state index contributed by atoms with van der Waals surface area (Å²) in [6, 6.07) is 36.3. The van der Waals surface area contributed by atoms with Crippen LogP contribution >= 0.6 is 18.6 Å². The number of rotatable bonds is 6. The lowest BCUT2D eigenvalue weighted by molar-refractivity contribution is -0.0000202. The molecule has 0 saturated carbocycles. The molecule has 0 aliphatic rings. The standard InChI is InChI=1S/C25H22O2PS.BrH/c1-27-25(26)24-18-17-23(29-24)19-28(20-11-5-2-6-12-20,21-13-7-3-8-14-21)22-15-9-4-10-16-22;/h2-18H,19H2,1H3;1H/q+1;/p-1. The second-order valence-corrected chi connectivity index (χ2v) is 11.4. The van der Waals surface area contributed by atoms with E-state index in [0.29, 0.717) is 4.88 Å². The molecule has 0 unspecified atom stereocenters. The highest BCUT2D eigenvalue weighted by atomic mass is 79.9. The second kappa shape index (κ2) is 10.2. The summed E-state index contributed by atoms with van der Waals surface area (Å²) < 4.78 is 4.91. The summed E-state index contributed by atoms with van der Waals surface area (Å²) in [7, 11) is -0.515. The van der Waals surface area contributed by atoms with E-state index in [4.69, 9.17) is 4.74 Å². The van der Waals surface area contributed by atoms with Crippen molar-refractivity contribution in [2.45, 2.75) is 6.16 Å². The molecule has 0 bridgehead atoms. The smallest absolute Gasteiger partial charge is 0.348 e. The highest BCUT2D eigenvalue weighted by Gasteiger charge is 2.45. The summed E-state index contributed by atoms with van der Waals surface area (Å²) in [4.78, 5) is 13.8. The van der Waals surface area contributed by atoms with E-state index in [9.17, 15) is 4.79 Å². The van der Waals surface area contributed by atoms with Crippen LogP contribution in [-0.2, 0) is 10.9 Å². The minimum atomic E-state index is -1.94. The van der Waals surface area contributed by atoms with E-state index in [0.717, 1.165) is 6.16 Å². The molecule has 152 valence electrons. The van der Waals surface area contributed by atoms with Crippen LogP contribution in [0.3, 0.4) is 0 Å². The molecule has 4 rings (SSSR count). The predicted molar refractivity (Wildman–Crippen MR) is 125 cm³/mol. The first-order valence-corrected chi connectivity index (χ1v) is 12.2. The maximum absolute atomic E-state index is 12.0. The number of thiophene rings is 1. The van der Waals surface area contributed by atoms with Crippen molar-refractivity contribution in [3.05, 3.63) is 113 Å². The van der Waals surface area contributed by atoms with Crippen molar-refractivity contribution in [1.29, 1.82) is 0 Å². The van der Waals surface area contributed by atoms with Gasteiger partial charge in [-0.25, -0.2) is 4.79 Å². The van der Waals surface area contributed by atoms with Crippen LogP contribution < -0.4 is 32.9 Å². The van der Waals surface area contributed by atoms with Gasteiger partial charge in [-0.3, -0.25) is 0 Å². The van der Waals surface area contributed by atoms with Crippen LogP contribution in [0, 0.1) is 0 Å². The molecule has 0 amide bonds. The average Bonchev–Trinajstić information content (AvgIpc) is 3.27. The SMILES string of the molecule is COC(=O)c1ccc(C[P+](c2ccccc2)(c2ccccc2)c2ccccc2)s1.[Br-]. The van der Waals surface area contributed by atoms with E-state index in [2.05, 4.69) is 97.1 Å². The van der Waals surface area contributed by atoms with Crippen LogP contribution in [0.4, 0.5) is 0 Å². The fraction of sp³-hybridized carbons (Fsp3) is 0.0800. The van der Waals surface area contributed by atoms with Crippen LogP contribution in [0.5, 0.6) is 0 Å². The van der Waals surface area contributed by atoms with Crippen LogP contribution in [0.1, 0.15) is 14.5 Å². The maximum atomic E-state index is 12.0. The Morgan fingerprint density at radius 2 is 1.17 bits per heavy atom. The van der Waals surface area contributed by atoms with Crippen molar-refractivity contribution in [3.8, 4) is 0 Å². The third-order valence-electron chi connectivity index (χ3n) is 5.03. The van der Waals surface area contributed by atoms with Gasteiger partial charge in [0.1, 0.15) is 34.2 Å². The van der Waals surface area contributed by atoms with Gasteiger partial charge in [0.15, 0.2) is 0 Å². The molecule has 1 aromatic heterocycles. The molecule has 0 saturated heterocycles. The topological polar surface area (TPSA) is 26.3 Å². The van der Waals surface area contributed by atoms with Gasteiger partial charge >= 0.3 is 5.97 Å². The summed E-state index contributed by atoms with van der Waals surface area (Å²) in [5.74, 6) is -0.274. The van der Waals surface area contributed by atoms with Crippen molar-refractivity contribution in [2.75, 3.05) is 7.11 Å². The number of halogens is 1. The molecule has 0 spiro atoms. The molecule has 30 heavy (non-hydrogen) atoms. The van der Waals surface area contributed by atoms with Crippen LogP contribution in [0.25, 0.3) is 0 Å². The van der Waals surface area contributed by atoms with Crippen molar-refractivity contribution in [2.24, 2.45) is 0 Å². The molecule has 0 aliphatic carbocycles. The quantitative estimate of drug-likeness (QED) is 0.301. The highest BCUT2D eigenvalue weighted by Crippen LogP contribution is 2.58. The normalized spacial score (nSPS) is 10.8. The van der Waals surface area contributed by atoms with E-state index in [-0.39, 0.29) is 23.0 Å². The molecule has 1 heterocycles. The molecule has 0 radical (unpaired) electrons. The largest absolute Gasteiger partial charge is 1.00 e. The fourth-order valence-electron chi connectivity index (χ4n) is 3.68. The number of hydrogen-bond acceptors (Lipinski definition) is 3. The van der Waals surface area contributed by atoms with E-state index in [1.165, 1.54) is 39.2 Å². The Morgan fingerprint density at radius 1 is 0.733 bits per heavy atom. The van der Waals surface area contributed by atoms with Crippen molar-refractivity contribution < 1.29 is 26.5 Å². The summed E-state index contributed by atoms with van der Waals surface area (Å²) in [5, 5.41) is 4.02. The summed E-state index contributed by atoms with van der Waals surface area (Å²) in [6.45, 7) is 0. The van der Waals surface area contributed by atoms with Crippen molar-refractivity contribution in [1.82, 2.24) is 0 Å². The first-order chi connectivity index (χ1) is 14.2. The zero-order chi connectivity index (χ0) is 20.1. The first-order valence-electron chi connectivity index (χ1n) is 9.46. The van der Waals surface area contributed by atoms with Gasteiger partial charge in [0.05, 0.1) is 7.11 Å². The monoisotopic (exact) mass is 496 g/mol. The molecule has 0 N–H and O–H groups in total. The highest BCUT2D eigenvalue weighted by molar-refractivity contribution is 7.95. The molecule has 0 aliphatic heterocycles. The molecule has 0 fully saturated rings. The van der Waals surface area contributed by atoms with Gasteiger partial charge in [-0.15, -0.1) is 11.3 Å². The average molecular weight is 497 g/mol. The second-order valence-electron chi connectivity index (χ2n) is 6.73. The third kappa shape index (κ3) is 4.41. The van der Waals surface area contributed by atoms with Gasteiger partial charge in [0, 0.05) is 4.88 Å². The van der Waals surface area contributed by atoms with Crippen LogP contribution in [-0.4, -0.2) is 13.1 Å². The first kappa shape index (κ1) is 22.4. The lowest BCUT2D eigenvalue weighted by Crippen LogP contribution is -3.00. The van der Waals surface area contributed by atoms with E-state index >= 15 is 0 Å². The molecule has 3 aromatic carbocycles. The Labute approximate surface area is 192 Å². The number of carbonyl (C=O) groups excluding carboxylic acids is 1. The fourth-order valence-corrected chi connectivity index (χ4v) is 9.29. The Hall–Kier alpha value is -2.26. The Kier molecular flexibility index (Phi) is 7.60. The van der Waals surface area contributed by atoms with Gasteiger partial charge in [-0.1, -0.05) is 54.6 Å². The van der Waals surface area contributed by atoms with Gasteiger partial charge in [0.2, 0.25) is 0 Å². The van der Waals surface area contributed by atoms with Crippen LogP contribution in [0.15, 0.2) is 103 Å². The number of ether oxygens (including phenoxy) is 1. The minimum absolute atomic E-state index is 0. The molecule has 2 nitrogen and oxygen atoms in total. The van der Waals surface area contributed by atoms with Crippen molar-refractivity contribution in [3.63, 3.8) is 0 Å². The number of hydrogen-bond donors (Lipinski definition) is 0. The van der Waals surface area contributed by atoms with E-state index in [1.54, 1.807) is 0 Å².